The second-order valence-corrected chi connectivity index (χ2v) is 5.34. The van der Waals surface area contributed by atoms with E-state index in [1.54, 1.807) is 0 Å². The predicted molar refractivity (Wildman–Crippen MR) is 60.0 cm³/mol. The lowest BCUT2D eigenvalue weighted by molar-refractivity contribution is 0.104. The molecule has 0 N–H and O–H groups in total. The second kappa shape index (κ2) is 2.98. The summed E-state index contributed by atoms with van der Waals surface area (Å²) in [4.78, 5) is 0. The molecular formula is C14H14N2. The number of rotatable bonds is 0. The van der Waals surface area contributed by atoms with E-state index in [1.165, 1.54) is 12.8 Å². The Morgan fingerprint density at radius 2 is 1.94 bits per heavy atom. The van der Waals surface area contributed by atoms with Crippen molar-refractivity contribution < 1.29 is 0 Å². The molecule has 3 rings (SSSR count). The molecule has 2 heteroatoms. The van der Waals surface area contributed by atoms with Crippen molar-refractivity contribution in [2.75, 3.05) is 0 Å². The minimum atomic E-state index is 0.00502. The summed E-state index contributed by atoms with van der Waals surface area (Å²) in [5.41, 5.74) is 1.99. The average molecular weight is 210 g/mol. The molecule has 0 radical (unpaired) electrons. The van der Waals surface area contributed by atoms with Gasteiger partial charge in [-0.1, -0.05) is 25.0 Å². The molecule has 0 saturated heterocycles. The fourth-order valence-corrected chi connectivity index (χ4v) is 4.10. The molecular weight excluding hydrogens is 196 g/mol. The first-order valence-corrected chi connectivity index (χ1v) is 5.99. The molecule has 0 aromatic heterocycles. The van der Waals surface area contributed by atoms with Gasteiger partial charge < -0.3 is 0 Å². The Labute approximate surface area is 95.9 Å². The van der Waals surface area contributed by atoms with Crippen molar-refractivity contribution in [1.82, 2.24) is 0 Å². The summed E-state index contributed by atoms with van der Waals surface area (Å²) in [5, 5.41) is 18.4. The Balaban J connectivity index is 2.13. The highest BCUT2D eigenvalue weighted by atomic mass is 14.6. The van der Waals surface area contributed by atoms with E-state index in [2.05, 4.69) is 24.3 Å². The van der Waals surface area contributed by atoms with E-state index in [4.69, 9.17) is 5.26 Å². The van der Waals surface area contributed by atoms with E-state index < -0.39 is 0 Å². The molecule has 2 unspecified atom stereocenters. The van der Waals surface area contributed by atoms with Gasteiger partial charge in [0.05, 0.1) is 12.1 Å². The highest BCUT2D eigenvalue weighted by Crippen LogP contribution is 2.67. The van der Waals surface area contributed by atoms with Crippen molar-refractivity contribution in [3.8, 4) is 12.1 Å². The van der Waals surface area contributed by atoms with Gasteiger partial charge in [0.15, 0.2) is 0 Å². The van der Waals surface area contributed by atoms with Gasteiger partial charge in [-0.3, -0.25) is 0 Å². The minimum Gasteiger partial charge on any atom is -0.193 e. The van der Waals surface area contributed by atoms with Crippen molar-refractivity contribution in [1.29, 1.82) is 10.5 Å². The first-order valence-electron chi connectivity index (χ1n) is 5.99. The third-order valence-electron chi connectivity index (χ3n) is 4.82. The van der Waals surface area contributed by atoms with Crippen LogP contribution in [-0.2, 0) is 0 Å². The van der Waals surface area contributed by atoms with Crippen molar-refractivity contribution >= 4 is 0 Å². The van der Waals surface area contributed by atoms with Crippen molar-refractivity contribution in [3.63, 3.8) is 0 Å². The number of nitriles is 2. The molecule has 0 aromatic rings. The SMILES string of the molecule is N#CC1=CC23CC=C(C#N)C2(CCCC3)C1. The molecule has 0 amide bonds. The first kappa shape index (κ1) is 9.67. The van der Waals surface area contributed by atoms with Crippen LogP contribution in [0.15, 0.2) is 23.3 Å². The number of allylic oxidation sites excluding steroid dienone is 4. The van der Waals surface area contributed by atoms with Gasteiger partial charge in [0.1, 0.15) is 0 Å². The smallest absolute Gasteiger partial charge is 0.0950 e. The van der Waals surface area contributed by atoms with Gasteiger partial charge >= 0.3 is 0 Å². The van der Waals surface area contributed by atoms with Crippen LogP contribution < -0.4 is 0 Å². The summed E-state index contributed by atoms with van der Waals surface area (Å²) in [6.07, 6.45) is 10.8. The standard InChI is InChI=1S/C14H14N2/c15-9-11-7-13-4-1-2-5-14(13,8-11)12(10-16)3-6-13/h3,7H,1-2,4-6,8H2. The molecule has 0 heterocycles. The van der Waals surface area contributed by atoms with Crippen LogP contribution in [0.1, 0.15) is 38.5 Å². The highest BCUT2D eigenvalue weighted by Gasteiger charge is 2.59. The van der Waals surface area contributed by atoms with Gasteiger partial charge in [0, 0.05) is 22.0 Å². The Morgan fingerprint density at radius 1 is 1.12 bits per heavy atom. The number of hydrogen-bond acceptors (Lipinski definition) is 2. The van der Waals surface area contributed by atoms with Crippen LogP contribution in [0, 0.1) is 33.5 Å². The third-order valence-corrected chi connectivity index (χ3v) is 4.82. The van der Waals surface area contributed by atoms with Crippen LogP contribution in [0.2, 0.25) is 0 Å². The lowest BCUT2D eigenvalue weighted by Crippen LogP contribution is -2.38. The van der Waals surface area contributed by atoms with Gasteiger partial charge in [0.2, 0.25) is 0 Å². The van der Waals surface area contributed by atoms with Crippen molar-refractivity contribution in [2.45, 2.75) is 38.5 Å². The largest absolute Gasteiger partial charge is 0.193 e. The van der Waals surface area contributed by atoms with Gasteiger partial charge in [-0.25, -0.2) is 0 Å². The molecule has 2 nitrogen and oxygen atoms in total. The Morgan fingerprint density at radius 3 is 2.69 bits per heavy atom. The summed E-state index contributed by atoms with van der Waals surface area (Å²) in [7, 11) is 0. The molecule has 3 aliphatic rings. The molecule has 1 fully saturated rings. The van der Waals surface area contributed by atoms with Crippen LogP contribution in [0.25, 0.3) is 0 Å². The zero-order valence-corrected chi connectivity index (χ0v) is 9.29. The van der Waals surface area contributed by atoms with Crippen molar-refractivity contribution in [2.24, 2.45) is 10.8 Å². The highest BCUT2D eigenvalue weighted by molar-refractivity contribution is 5.49. The van der Waals surface area contributed by atoms with E-state index in [-0.39, 0.29) is 10.8 Å². The van der Waals surface area contributed by atoms with E-state index in [0.29, 0.717) is 0 Å². The van der Waals surface area contributed by atoms with E-state index in [9.17, 15) is 5.26 Å². The molecule has 1 saturated carbocycles. The van der Waals surface area contributed by atoms with Crippen LogP contribution in [0.5, 0.6) is 0 Å². The molecule has 2 atom stereocenters. The number of nitrogens with zero attached hydrogens (tertiary/aromatic N) is 2. The van der Waals surface area contributed by atoms with Gasteiger partial charge in [-0.15, -0.1) is 0 Å². The monoisotopic (exact) mass is 210 g/mol. The maximum atomic E-state index is 9.28. The van der Waals surface area contributed by atoms with Crippen molar-refractivity contribution in [3.05, 3.63) is 23.3 Å². The zero-order chi connectivity index (χ0) is 11.2. The van der Waals surface area contributed by atoms with E-state index in [0.717, 1.165) is 36.8 Å². The molecule has 16 heavy (non-hydrogen) atoms. The van der Waals surface area contributed by atoms with Gasteiger partial charge in [-0.2, -0.15) is 10.5 Å². The normalized spacial score (nSPS) is 40.1. The fourth-order valence-electron chi connectivity index (χ4n) is 4.10. The molecule has 0 bridgehead atoms. The maximum Gasteiger partial charge on any atom is 0.0950 e. The molecule has 3 aliphatic carbocycles. The van der Waals surface area contributed by atoms with Gasteiger partial charge in [0.25, 0.3) is 0 Å². The zero-order valence-electron chi connectivity index (χ0n) is 9.29. The Kier molecular flexibility index (Phi) is 1.80. The maximum absolute atomic E-state index is 9.28. The summed E-state index contributed by atoms with van der Waals surface area (Å²) in [6, 6.07) is 4.69. The average Bonchev–Trinajstić information content (AvgIpc) is 2.79. The molecule has 0 aromatic carbocycles. The Hall–Kier alpha value is -1.54. The molecule has 0 aliphatic heterocycles. The van der Waals surface area contributed by atoms with Crippen LogP contribution in [-0.4, -0.2) is 0 Å². The first-order chi connectivity index (χ1) is 7.76. The van der Waals surface area contributed by atoms with E-state index >= 15 is 0 Å². The van der Waals surface area contributed by atoms with E-state index in [1.807, 2.05) is 0 Å². The third kappa shape index (κ3) is 0.908. The lowest BCUT2D eigenvalue weighted by atomic mass is 9.57. The summed E-state index contributed by atoms with van der Waals surface area (Å²) >= 11 is 0. The summed E-state index contributed by atoms with van der Waals surface area (Å²) in [5.74, 6) is 0. The quantitative estimate of drug-likeness (QED) is 0.616. The fraction of sp³-hybridized carbons (Fsp3) is 0.571. The number of hydrogen-bond donors (Lipinski definition) is 0. The van der Waals surface area contributed by atoms with Crippen LogP contribution in [0.3, 0.4) is 0 Å². The molecule has 80 valence electrons. The summed E-state index contributed by atoms with van der Waals surface area (Å²) in [6.45, 7) is 0. The minimum absolute atomic E-state index is 0.00502. The van der Waals surface area contributed by atoms with Crippen LogP contribution >= 0.6 is 0 Å². The van der Waals surface area contributed by atoms with Crippen LogP contribution in [0.4, 0.5) is 0 Å². The van der Waals surface area contributed by atoms with Gasteiger partial charge in [-0.05, 0) is 25.7 Å². The second-order valence-electron chi connectivity index (χ2n) is 5.34. The lowest BCUT2D eigenvalue weighted by Gasteiger charge is -2.45. The topological polar surface area (TPSA) is 47.6 Å². The summed E-state index contributed by atoms with van der Waals surface area (Å²) < 4.78 is 0. The molecule has 0 spiro atoms. The predicted octanol–water partition coefficient (Wildman–Crippen LogP) is 3.24. The Bertz CT molecular complexity index is 486.